The van der Waals surface area contributed by atoms with Gasteiger partial charge in [0.1, 0.15) is 22.9 Å². The van der Waals surface area contributed by atoms with E-state index in [2.05, 4.69) is 33.0 Å². The van der Waals surface area contributed by atoms with Crippen LogP contribution in [0.5, 0.6) is 0 Å². The molecule has 0 bridgehead atoms. The number of hydrogen-bond donors (Lipinski definition) is 3. The zero-order chi connectivity index (χ0) is 24.7. The van der Waals surface area contributed by atoms with Crippen molar-refractivity contribution in [3.63, 3.8) is 0 Å². The maximum absolute atomic E-state index is 13.3. The van der Waals surface area contributed by atoms with Gasteiger partial charge in [-0.2, -0.15) is 9.61 Å². The minimum absolute atomic E-state index is 0.118. The zero-order valence-electron chi connectivity index (χ0n) is 19.7. The normalized spacial score (nSPS) is 21.9. The molecule has 35 heavy (non-hydrogen) atoms. The zero-order valence-corrected chi connectivity index (χ0v) is 19.7. The maximum Gasteiger partial charge on any atom is 0.274 e. The minimum Gasteiger partial charge on any atom is -0.373 e. The summed E-state index contributed by atoms with van der Waals surface area (Å²) in [6, 6.07) is 4.47. The van der Waals surface area contributed by atoms with Crippen molar-refractivity contribution in [2.45, 2.75) is 63.5 Å². The fraction of sp³-hybridized carbons (Fsp3) is 0.500. The highest BCUT2D eigenvalue weighted by Crippen LogP contribution is 2.44. The summed E-state index contributed by atoms with van der Waals surface area (Å²) in [7, 11) is 1.72. The standard InChI is InChI=1S/C24H29F2N7O2/c1-14-5-3-6-15(9-14)29-22(34)17-13-28-33-20(27-2)10-19(31-21(17)33)30-18-7-4-8-32(23(18)35)16-11-24(25,26)12-16/h4,7-8,10,13-16,27H,3,5-6,9,11-12H2,1-2H3,(H,29,34)(H,30,31)/t14-,15?/m0/s1. The first-order chi connectivity index (χ1) is 16.7. The molecule has 9 nitrogen and oxygen atoms in total. The number of amides is 1. The summed E-state index contributed by atoms with van der Waals surface area (Å²) in [5.41, 5.74) is 0.489. The Morgan fingerprint density at radius 1 is 1.26 bits per heavy atom. The SMILES string of the molecule is CNc1cc(Nc2cccn(C3CC(F)(F)C3)c2=O)nc2c(C(=O)NC3CCC[C@H](C)C3)cnn12. The van der Waals surface area contributed by atoms with Crippen LogP contribution in [0.4, 0.5) is 26.1 Å². The number of aromatic nitrogens is 4. The van der Waals surface area contributed by atoms with Gasteiger partial charge in [0, 0.05) is 44.2 Å². The Morgan fingerprint density at radius 3 is 2.77 bits per heavy atom. The summed E-state index contributed by atoms with van der Waals surface area (Å²) in [5, 5.41) is 13.5. The van der Waals surface area contributed by atoms with Crippen molar-refractivity contribution in [1.82, 2.24) is 24.5 Å². The number of anilines is 3. The number of alkyl halides is 2. The molecule has 3 N–H and O–H groups in total. The van der Waals surface area contributed by atoms with Crippen molar-refractivity contribution >= 4 is 28.9 Å². The number of hydrogen-bond acceptors (Lipinski definition) is 6. The Balaban J connectivity index is 1.43. The molecular formula is C24H29F2N7O2. The summed E-state index contributed by atoms with van der Waals surface area (Å²) in [6.07, 6.45) is 6.47. The van der Waals surface area contributed by atoms with Gasteiger partial charge in [-0.05, 0) is 30.9 Å². The molecule has 2 saturated carbocycles. The highest BCUT2D eigenvalue weighted by molar-refractivity contribution is 6.00. The van der Waals surface area contributed by atoms with Crippen molar-refractivity contribution in [3.05, 3.63) is 46.5 Å². The fourth-order valence-corrected chi connectivity index (χ4v) is 5.05. The van der Waals surface area contributed by atoms with Crippen molar-refractivity contribution < 1.29 is 13.6 Å². The van der Waals surface area contributed by atoms with Crippen LogP contribution in [-0.2, 0) is 0 Å². The Hall–Kier alpha value is -3.50. The van der Waals surface area contributed by atoms with Crippen molar-refractivity contribution in [3.8, 4) is 0 Å². The van der Waals surface area contributed by atoms with E-state index in [-0.39, 0.29) is 30.5 Å². The molecule has 5 rings (SSSR count). The number of carbonyl (C=O) groups excluding carboxylic acids is 1. The van der Waals surface area contributed by atoms with Gasteiger partial charge < -0.3 is 20.5 Å². The van der Waals surface area contributed by atoms with Gasteiger partial charge in [0.2, 0.25) is 0 Å². The van der Waals surface area contributed by atoms with Gasteiger partial charge in [0.25, 0.3) is 17.4 Å². The van der Waals surface area contributed by atoms with E-state index in [4.69, 9.17) is 0 Å². The summed E-state index contributed by atoms with van der Waals surface area (Å²) in [6.45, 7) is 2.19. The molecule has 1 unspecified atom stereocenters. The third-order valence-corrected chi connectivity index (χ3v) is 6.94. The summed E-state index contributed by atoms with van der Waals surface area (Å²) in [5.74, 6) is -1.49. The van der Waals surface area contributed by atoms with Crippen LogP contribution in [0, 0.1) is 5.92 Å². The second-order valence-electron chi connectivity index (χ2n) is 9.69. The molecule has 3 heterocycles. The van der Waals surface area contributed by atoms with Gasteiger partial charge in [0.05, 0.1) is 6.20 Å². The number of pyridine rings is 1. The van der Waals surface area contributed by atoms with Crippen LogP contribution in [0.25, 0.3) is 5.65 Å². The average molecular weight is 486 g/mol. The quantitative estimate of drug-likeness (QED) is 0.488. The van der Waals surface area contributed by atoms with Crippen LogP contribution >= 0.6 is 0 Å². The second-order valence-corrected chi connectivity index (χ2v) is 9.69. The van der Waals surface area contributed by atoms with Gasteiger partial charge in [-0.25, -0.2) is 13.8 Å². The fourth-order valence-electron chi connectivity index (χ4n) is 5.05. The van der Waals surface area contributed by atoms with Crippen molar-refractivity contribution in [2.75, 3.05) is 17.7 Å². The van der Waals surface area contributed by atoms with Crippen LogP contribution < -0.4 is 21.5 Å². The molecule has 1 amide bonds. The first kappa shape index (κ1) is 23.3. The lowest BCUT2D eigenvalue weighted by molar-refractivity contribution is -0.104. The largest absolute Gasteiger partial charge is 0.373 e. The van der Waals surface area contributed by atoms with Crippen LogP contribution in [0.2, 0.25) is 0 Å². The van der Waals surface area contributed by atoms with Crippen LogP contribution in [-0.4, -0.2) is 44.1 Å². The molecule has 3 aromatic rings. The third kappa shape index (κ3) is 4.59. The summed E-state index contributed by atoms with van der Waals surface area (Å²) >= 11 is 0. The van der Waals surface area contributed by atoms with Crippen molar-refractivity contribution in [1.29, 1.82) is 0 Å². The van der Waals surface area contributed by atoms with Crippen molar-refractivity contribution in [2.24, 2.45) is 5.92 Å². The number of nitrogens with one attached hydrogen (secondary N) is 3. The molecule has 0 spiro atoms. The Kier molecular flexibility index (Phi) is 5.94. The molecule has 0 aromatic carbocycles. The molecule has 2 atom stereocenters. The van der Waals surface area contributed by atoms with E-state index in [0.29, 0.717) is 28.8 Å². The van der Waals surface area contributed by atoms with Gasteiger partial charge in [-0.15, -0.1) is 0 Å². The molecule has 0 aliphatic heterocycles. The maximum atomic E-state index is 13.3. The lowest BCUT2D eigenvalue weighted by atomic mass is 9.87. The molecule has 2 fully saturated rings. The van der Waals surface area contributed by atoms with Gasteiger partial charge >= 0.3 is 0 Å². The van der Waals surface area contributed by atoms with E-state index in [1.165, 1.54) is 27.9 Å². The molecule has 186 valence electrons. The molecule has 2 aliphatic carbocycles. The van der Waals surface area contributed by atoms with Crippen LogP contribution in [0.1, 0.15) is 61.8 Å². The molecule has 11 heteroatoms. The van der Waals surface area contributed by atoms with Crippen LogP contribution in [0.15, 0.2) is 35.4 Å². The molecule has 2 aliphatic rings. The number of nitrogens with zero attached hydrogens (tertiary/aromatic N) is 4. The van der Waals surface area contributed by atoms with E-state index in [1.54, 1.807) is 25.2 Å². The van der Waals surface area contributed by atoms with Gasteiger partial charge in [0.15, 0.2) is 5.65 Å². The van der Waals surface area contributed by atoms with Gasteiger partial charge in [-0.1, -0.05) is 19.8 Å². The van der Waals surface area contributed by atoms with E-state index in [1.807, 2.05) is 0 Å². The molecule has 3 aromatic heterocycles. The molecule has 0 saturated heterocycles. The number of fused-ring (bicyclic) bond motifs is 1. The third-order valence-electron chi connectivity index (χ3n) is 6.94. The number of carbonyl (C=O) groups is 1. The average Bonchev–Trinajstić information content (AvgIpc) is 3.22. The predicted octanol–water partition coefficient (Wildman–Crippen LogP) is 3.96. The summed E-state index contributed by atoms with van der Waals surface area (Å²) < 4.78 is 29.5. The monoisotopic (exact) mass is 485 g/mol. The van der Waals surface area contributed by atoms with Gasteiger partial charge in [-0.3, -0.25) is 9.59 Å². The van der Waals surface area contributed by atoms with E-state index in [9.17, 15) is 18.4 Å². The first-order valence-corrected chi connectivity index (χ1v) is 12.0. The number of halogens is 2. The first-order valence-electron chi connectivity index (χ1n) is 12.0. The number of rotatable bonds is 6. The Morgan fingerprint density at radius 2 is 2.06 bits per heavy atom. The van der Waals surface area contributed by atoms with E-state index in [0.717, 1.165) is 19.3 Å². The molecule has 0 radical (unpaired) electrons. The predicted molar refractivity (Wildman–Crippen MR) is 129 cm³/mol. The lowest BCUT2D eigenvalue weighted by Gasteiger charge is -2.36. The minimum atomic E-state index is -2.73. The Bertz CT molecular complexity index is 1310. The smallest absolute Gasteiger partial charge is 0.274 e. The molecular weight excluding hydrogens is 456 g/mol. The summed E-state index contributed by atoms with van der Waals surface area (Å²) in [4.78, 5) is 30.6. The second kappa shape index (κ2) is 8.94. The topological polar surface area (TPSA) is 105 Å². The van der Waals surface area contributed by atoms with E-state index >= 15 is 0 Å². The highest BCUT2D eigenvalue weighted by Gasteiger charge is 2.46. The van der Waals surface area contributed by atoms with Crippen LogP contribution in [0.3, 0.4) is 0 Å². The lowest BCUT2D eigenvalue weighted by Crippen LogP contribution is -2.41. The highest BCUT2D eigenvalue weighted by atomic mass is 19.3. The van der Waals surface area contributed by atoms with E-state index < -0.39 is 17.5 Å². The Labute approximate surface area is 200 Å².